The lowest BCUT2D eigenvalue weighted by Crippen LogP contribution is -2.33. The molecule has 20 heavy (non-hydrogen) atoms. The first-order valence-corrected chi connectivity index (χ1v) is 6.06. The maximum atomic E-state index is 12.3. The molecule has 1 aromatic carbocycles. The number of ether oxygens (including phenoxy) is 2. The predicted molar refractivity (Wildman–Crippen MR) is 72.5 cm³/mol. The molecule has 1 aliphatic rings. The molecule has 2 N–H and O–H groups in total. The topological polar surface area (TPSA) is 76.0 Å². The smallest absolute Gasteiger partial charge is 0.211 e. The van der Waals surface area contributed by atoms with Gasteiger partial charge in [-0.25, -0.2) is 0 Å². The SMILES string of the molecule is COC1(OC)C=CC(C(=O)c2cccc(O)c2)C(O)=C1. The molecule has 5 heteroatoms. The average molecular weight is 276 g/mol. The standard InChI is InChI=1S/C15H16O5/c1-19-15(20-2)7-6-12(13(17)9-15)14(18)10-4-3-5-11(16)8-10/h3-9,12,16-17H,1-2H3. The molecule has 0 heterocycles. The minimum atomic E-state index is -1.15. The molecule has 0 saturated carbocycles. The zero-order valence-corrected chi connectivity index (χ0v) is 11.2. The van der Waals surface area contributed by atoms with Crippen LogP contribution in [-0.4, -0.2) is 36.0 Å². The van der Waals surface area contributed by atoms with Crippen LogP contribution in [0.1, 0.15) is 10.4 Å². The summed E-state index contributed by atoms with van der Waals surface area (Å²) in [6, 6.07) is 5.99. The zero-order valence-electron chi connectivity index (χ0n) is 11.2. The lowest BCUT2D eigenvalue weighted by Gasteiger charge is -2.29. The fourth-order valence-electron chi connectivity index (χ4n) is 2.07. The van der Waals surface area contributed by atoms with Crippen molar-refractivity contribution in [2.75, 3.05) is 14.2 Å². The molecule has 0 saturated heterocycles. The first-order chi connectivity index (χ1) is 9.51. The molecule has 1 atom stereocenters. The van der Waals surface area contributed by atoms with Crippen LogP contribution in [-0.2, 0) is 9.47 Å². The van der Waals surface area contributed by atoms with Crippen molar-refractivity contribution in [2.24, 2.45) is 5.92 Å². The van der Waals surface area contributed by atoms with Gasteiger partial charge in [-0.3, -0.25) is 4.79 Å². The van der Waals surface area contributed by atoms with Crippen LogP contribution in [0.2, 0.25) is 0 Å². The number of methoxy groups -OCH3 is 2. The van der Waals surface area contributed by atoms with Crippen LogP contribution >= 0.6 is 0 Å². The number of phenols is 1. The number of benzene rings is 1. The molecule has 0 amide bonds. The van der Waals surface area contributed by atoms with Gasteiger partial charge in [-0.1, -0.05) is 18.2 Å². The summed E-state index contributed by atoms with van der Waals surface area (Å²) in [5.41, 5.74) is 0.321. The van der Waals surface area contributed by atoms with Gasteiger partial charge in [0, 0.05) is 25.9 Å². The van der Waals surface area contributed by atoms with Crippen molar-refractivity contribution < 1.29 is 24.5 Å². The van der Waals surface area contributed by atoms with Gasteiger partial charge < -0.3 is 19.7 Å². The van der Waals surface area contributed by atoms with Crippen molar-refractivity contribution in [3.8, 4) is 5.75 Å². The van der Waals surface area contributed by atoms with Crippen molar-refractivity contribution >= 4 is 5.78 Å². The second-order valence-corrected chi connectivity index (χ2v) is 4.45. The molecule has 0 aliphatic heterocycles. The molecule has 0 radical (unpaired) electrons. The minimum absolute atomic E-state index is 0.00207. The third-order valence-corrected chi connectivity index (χ3v) is 3.24. The van der Waals surface area contributed by atoms with E-state index in [0.29, 0.717) is 5.56 Å². The molecule has 2 rings (SSSR count). The van der Waals surface area contributed by atoms with Crippen LogP contribution in [0.3, 0.4) is 0 Å². The number of aliphatic hydroxyl groups excluding tert-OH is 1. The highest BCUT2D eigenvalue weighted by Gasteiger charge is 2.33. The van der Waals surface area contributed by atoms with Gasteiger partial charge >= 0.3 is 0 Å². The second-order valence-electron chi connectivity index (χ2n) is 4.45. The van der Waals surface area contributed by atoms with Gasteiger partial charge in [0.05, 0.1) is 5.92 Å². The number of carbonyl (C=O) groups is 1. The summed E-state index contributed by atoms with van der Waals surface area (Å²) in [6.07, 6.45) is 4.44. The quantitative estimate of drug-likeness (QED) is 0.501. The third-order valence-electron chi connectivity index (χ3n) is 3.24. The molecule has 0 bridgehead atoms. The predicted octanol–water partition coefficient (Wildman–Crippen LogP) is 2.19. The van der Waals surface area contributed by atoms with E-state index in [4.69, 9.17) is 9.47 Å². The normalized spacial score (nSPS) is 20.5. The van der Waals surface area contributed by atoms with E-state index in [1.54, 1.807) is 18.2 Å². The number of Topliss-reactive ketones (excluding diaryl/α,β-unsaturated/α-hetero) is 1. The fourth-order valence-corrected chi connectivity index (χ4v) is 2.07. The van der Waals surface area contributed by atoms with Crippen molar-refractivity contribution in [2.45, 2.75) is 5.79 Å². The number of phenolic OH excluding ortho intramolecular Hbond substituents is 1. The van der Waals surface area contributed by atoms with E-state index in [1.165, 1.54) is 38.5 Å². The Balaban J connectivity index is 2.28. The Bertz CT molecular complexity index is 569. The van der Waals surface area contributed by atoms with Gasteiger partial charge in [0.1, 0.15) is 11.5 Å². The van der Waals surface area contributed by atoms with E-state index in [1.807, 2.05) is 0 Å². The first kappa shape index (κ1) is 14.3. The first-order valence-electron chi connectivity index (χ1n) is 6.06. The van der Waals surface area contributed by atoms with E-state index in [9.17, 15) is 15.0 Å². The van der Waals surface area contributed by atoms with Crippen molar-refractivity contribution in [1.82, 2.24) is 0 Å². The third kappa shape index (κ3) is 2.59. The Morgan fingerprint density at radius 1 is 1.25 bits per heavy atom. The Morgan fingerprint density at radius 2 is 1.95 bits per heavy atom. The largest absolute Gasteiger partial charge is 0.511 e. The molecule has 1 unspecified atom stereocenters. The van der Waals surface area contributed by atoms with Crippen molar-refractivity contribution in [3.63, 3.8) is 0 Å². The van der Waals surface area contributed by atoms with Crippen LogP contribution < -0.4 is 0 Å². The van der Waals surface area contributed by atoms with E-state index in [0.717, 1.165) is 0 Å². The summed E-state index contributed by atoms with van der Waals surface area (Å²) >= 11 is 0. The molecular formula is C15H16O5. The van der Waals surface area contributed by atoms with Crippen LogP contribution in [0.25, 0.3) is 0 Å². The molecule has 0 aromatic heterocycles. The maximum Gasteiger partial charge on any atom is 0.211 e. The highest BCUT2D eigenvalue weighted by atomic mass is 16.7. The molecule has 1 aliphatic carbocycles. The molecule has 1 aromatic rings. The van der Waals surface area contributed by atoms with Gasteiger partial charge in [-0.2, -0.15) is 0 Å². The number of ketones is 1. The second kappa shape index (κ2) is 5.48. The van der Waals surface area contributed by atoms with Crippen molar-refractivity contribution in [3.05, 3.63) is 53.8 Å². The van der Waals surface area contributed by atoms with Gasteiger partial charge in [-0.15, -0.1) is 0 Å². The lowest BCUT2D eigenvalue weighted by molar-refractivity contribution is -0.136. The molecular weight excluding hydrogens is 260 g/mol. The Kier molecular flexibility index (Phi) is 3.92. The number of carbonyl (C=O) groups excluding carboxylic acids is 1. The summed E-state index contributed by atoms with van der Waals surface area (Å²) in [6.45, 7) is 0. The monoisotopic (exact) mass is 276 g/mol. The highest BCUT2D eigenvalue weighted by Crippen LogP contribution is 2.29. The van der Waals surface area contributed by atoms with E-state index < -0.39 is 11.7 Å². The highest BCUT2D eigenvalue weighted by molar-refractivity contribution is 6.00. The fraction of sp³-hybridized carbons (Fsp3) is 0.267. The Hall–Kier alpha value is -2.11. The summed E-state index contributed by atoms with van der Waals surface area (Å²) < 4.78 is 10.3. The van der Waals surface area contributed by atoms with Crippen LogP contribution in [0.5, 0.6) is 5.75 Å². The average Bonchev–Trinajstić information content (AvgIpc) is 2.46. The summed E-state index contributed by atoms with van der Waals surface area (Å²) in [5.74, 6) is -2.42. The summed E-state index contributed by atoms with van der Waals surface area (Å²) in [4.78, 5) is 12.3. The van der Waals surface area contributed by atoms with Crippen LogP contribution in [0.15, 0.2) is 48.3 Å². The van der Waals surface area contributed by atoms with E-state index in [-0.39, 0.29) is 17.3 Å². The van der Waals surface area contributed by atoms with Crippen LogP contribution in [0, 0.1) is 5.92 Å². The number of rotatable bonds is 4. The molecule has 0 fully saturated rings. The number of hydrogen-bond donors (Lipinski definition) is 2. The van der Waals surface area contributed by atoms with Gasteiger partial charge in [0.25, 0.3) is 0 Å². The molecule has 0 spiro atoms. The summed E-state index contributed by atoms with van der Waals surface area (Å²) in [5, 5.41) is 19.4. The number of hydrogen-bond acceptors (Lipinski definition) is 5. The van der Waals surface area contributed by atoms with E-state index in [2.05, 4.69) is 0 Å². The number of aromatic hydroxyl groups is 1. The maximum absolute atomic E-state index is 12.3. The van der Waals surface area contributed by atoms with Gasteiger partial charge in [0.15, 0.2) is 5.78 Å². The van der Waals surface area contributed by atoms with Crippen molar-refractivity contribution in [1.29, 1.82) is 0 Å². The van der Waals surface area contributed by atoms with Crippen LogP contribution in [0.4, 0.5) is 0 Å². The number of allylic oxidation sites excluding steroid dienone is 1. The van der Waals surface area contributed by atoms with Gasteiger partial charge in [-0.05, 0) is 18.2 Å². The Labute approximate surface area is 116 Å². The number of aliphatic hydroxyl groups is 1. The summed E-state index contributed by atoms with van der Waals surface area (Å²) in [7, 11) is 2.88. The minimum Gasteiger partial charge on any atom is -0.511 e. The molecule has 106 valence electrons. The zero-order chi connectivity index (χ0) is 14.8. The molecule has 5 nitrogen and oxygen atoms in total. The Morgan fingerprint density at radius 3 is 2.50 bits per heavy atom. The lowest BCUT2D eigenvalue weighted by atomic mass is 9.90. The van der Waals surface area contributed by atoms with E-state index >= 15 is 0 Å². The van der Waals surface area contributed by atoms with Gasteiger partial charge in [0.2, 0.25) is 5.79 Å².